The minimum atomic E-state index is -0.728. The molecular formula is C51H70N5O4+. The van der Waals surface area contributed by atoms with Crippen LogP contribution in [0, 0.1) is 34.0 Å². The van der Waals surface area contributed by atoms with Gasteiger partial charge in [0.05, 0.1) is 11.1 Å². The summed E-state index contributed by atoms with van der Waals surface area (Å²) in [5.74, 6) is 2.89. The molecule has 2 aliphatic carbocycles. The average molecular weight is 817 g/mol. The highest BCUT2D eigenvalue weighted by Gasteiger charge is 2.48. The number of fused-ring (bicyclic) bond motifs is 1. The average Bonchev–Trinajstić information content (AvgIpc) is 3.37. The lowest BCUT2D eigenvalue weighted by molar-refractivity contribution is -0.469. The summed E-state index contributed by atoms with van der Waals surface area (Å²) >= 11 is 0. The first-order chi connectivity index (χ1) is 28.7. The first-order valence-electron chi connectivity index (χ1n) is 22.1. The number of carboxylic acid groups (broad SMARTS) is 1. The van der Waals surface area contributed by atoms with Gasteiger partial charge in [0.25, 0.3) is 0 Å². The second kappa shape index (κ2) is 23.1. The molecule has 9 nitrogen and oxygen atoms in total. The van der Waals surface area contributed by atoms with E-state index >= 15 is 0 Å². The molecule has 0 saturated carbocycles. The first kappa shape index (κ1) is 47.6. The quantitative estimate of drug-likeness (QED) is 0.0311. The Morgan fingerprint density at radius 1 is 1.00 bits per heavy atom. The van der Waals surface area contributed by atoms with Gasteiger partial charge in [0, 0.05) is 68.2 Å². The van der Waals surface area contributed by atoms with Crippen molar-refractivity contribution in [2.45, 2.75) is 119 Å². The van der Waals surface area contributed by atoms with E-state index in [-0.39, 0.29) is 23.2 Å². The molecule has 1 unspecified atom stereocenters. The molecule has 4 rings (SSSR count). The molecule has 3 N–H and O–H groups in total. The Balaban J connectivity index is 1.35. The summed E-state index contributed by atoms with van der Waals surface area (Å²) in [4.78, 5) is 36.7. The summed E-state index contributed by atoms with van der Waals surface area (Å²) in [5, 5.41) is 18.5. The van der Waals surface area contributed by atoms with E-state index in [4.69, 9.17) is 11.5 Å². The molecule has 0 fully saturated rings. The van der Waals surface area contributed by atoms with Gasteiger partial charge in [-0.1, -0.05) is 93.2 Å². The largest absolute Gasteiger partial charge is 0.481 e. The molecule has 2 heterocycles. The van der Waals surface area contributed by atoms with E-state index in [0.717, 1.165) is 81.3 Å². The van der Waals surface area contributed by atoms with Gasteiger partial charge in [0.15, 0.2) is 5.71 Å². The molecule has 1 atom stereocenters. The van der Waals surface area contributed by atoms with Gasteiger partial charge >= 0.3 is 5.97 Å². The monoisotopic (exact) mass is 817 g/mol. The number of allylic oxidation sites excluding steroid dienone is 16. The fourth-order valence-electron chi connectivity index (χ4n) is 8.50. The fourth-order valence-corrected chi connectivity index (χ4v) is 8.50. The number of nitrogens with one attached hydrogen (secondary N) is 2. The summed E-state index contributed by atoms with van der Waals surface area (Å²) in [6.07, 6.45) is 40.3. The summed E-state index contributed by atoms with van der Waals surface area (Å²) in [5.41, 5.74) is 9.63. The molecular weight excluding hydrogens is 747 g/mol. The van der Waals surface area contributed by atoms with Gasteiger partial charge in [-0.25, -0.2) is 0 Å². The van der Waals surface area contributed by atoms with Crippen molar-refractivity contribution in [1.82, 2.24) is 15.5 Å². The third-order valence-corrected chi connectivity index (χ3v) is 11.8. The number of carbonyl (C=O) groups is 2. The standard InChI is InChI=1S/C51H69N5O4/c1-9-44-42(35-38(2)3)50(5,6)46(55(44)33-18-11-10-16-25-48(57)53-32-31-52-37-40-21-20-22-41(54-60)29-28-40)23-14-12-15-24-47-51(7,8)43-36-39(4)27-30-45(43)56(47)34-19-13-17-26-49(58)59/h1,12,14-15,20,22-24,28-30,35-36,39,52H,10-11,13,16-19,21,25-27,31-34,37H2,2-8H3,(H-,53,57,58,59)/p+1. The van der Waals surface area contributed by atoms with E-state index in [2.05, 4.69) is 128 Å². The number of aliphatic carboxylic acids is 1. The van der Waals surface area contributed by atoms with Crippen LogP contribution in [0.1, 0.15) is 119 Å². The van der Waals surface area contributed by atoms with Crippen molar-refractivity contribution in [2.75, 3.05) is 32.7 Å². The van der Waals surface area contributed by atoms with Crippen LogP contribution in [-0.2, 0) is 9.59 Å². The highest BCUT2D eigenvalue weighted by atomic mass is 16.4. The Hall–Kier alpha value is -5.07. The maximum Gasteiger partial charge on any atom is 0.303 e. The van der Waals surface area contributed by atoms with Crippen molar-refractivity contribution in [3.8, 4) is 12.3 Å². The van der Waals surface area contributed by atoms with Gasteiger partial charge in [0.1, 0.15) is 12.2 Å². The number of carbonyl (C=O) groups excluding carboxylic acids is 1. The Bertz CT molecular complexity index is 1980. The Kier molecular flexibility index (Phi) is 18.3. The third-order valence-electron chi connectivity index (χ3n) is 11.8. The number of amides is 1. The van der Waals surface area contributed by atoms with Crippen LogP contribution in [0.2, 0.25) is 0 Å². The number of nitrogens with zero attached hydrogens (tertiary/aromatic N) is 3. The van der Waals surface area contributed by atoms with Crippen molar-refractivity contribution >= 4 is 17.6 Å². The van der Waals surface area contributed by atoms with Gasteiger partial charge in [-0.3, -0.25) is 9.59 Å². The maximum atomic E-state index is 12.5. The van der Waals surface area contributed by atoms with Gasteiger partial charge < -0.3 is 20.6 Å². The minimum Gasteiger partial charge on any atom is -0.481 e. The van der Waals surface area contributed by atoms with E-state index in [1.165, 1.54) is 28.3 Å². The lowest BCUT2D eigenvalue weighted by Crippen LogP contribution is -2.32. The molecule has 2 aliphatic heterocycles. The molecule has 0 aromatic heterocycles. The zero-order valence-corrected chi connectivity index (χ0v) is 37.4. The molecule has 0 radical (unpaired) electrons. The number of unbranched alkanes of at least 4 members (excludes halogenated alkanes) is 5. The molecule has 4 aliphatic rings. The number of hydrogen-bond acceptors (Lipinski definition) is 6. The number of carboxylic acids is 1. The predicted octanol–water partition coefficient (Wildman–Crippen LogP) is 10.4. The van der Waals surface area contributed by atoms with Crippen LogP contribution in [0.15, 0.2) is 123 Å². The first-order valence-corrected chi connectivity index (χ1v) is 22.1. The van der Waals surface area contributed by atoms with Crippen molar-refractivity contribution in [3.05, 3.63) is 123 Å². The van der Waals surface area contributed by atoms with Crippen LogP contribution >= 0.6 is 0 Å². The predicted molar refractivity (Wildman–Crippen MR) is 247 cm³/mol. The van der Waals surface area contributed by atoms with Gasteiger partial charge in [0.2, 0.25) is 11.6 Å². The van der Waals surface area contributed by atoms with Crippen LogP contribution in [-0.4, -0.2) is 64.9 Å². The molecule has 0 bridgehead atoms. The smallest absolute Gasteiger partial charge is 0.303 e. The third kappa shape index (κ3) is 13.2. The minimum absolute atomic E-state index is 0.0759. The van der Waals surface area contributed by atoms with Crippen LogP contribution in [0.3, 0.4) is 0 Å². The molecule has 1 amide bonds. The summed E-state index contributed by atoms with van der Waals surface area (Å²) in [7, 11) is 0. The Labute approximate surface area is 360 Å². The lowest BCUT2D eigenvalue weighted by atomic mass is 9.77. The molecule has 0 saturated heterocycles. The normalized spacial score (nSPS) is 20.2. The number of hydrogen-bond donors (Lipinski definition) is 3. The SMILES string of the molecule is C#CC1=C(C=C(C)C)C(C)(C)C(=CC=CC=CC2=[N+](CCCCCC(=O)O)C3=CCC(C)C=C3C2(C)C)N1CCCCCCC(=O)NCCNCC1=CC=C(N=O)C=CC1. The Morgan fingerprint density at radius 2 is 1.75 bits per heavy atom. The molecule has 322 valence electrons. The second-order valence-corrected chi connectivity index (χ2v) is 17.8. The molecule has 0 aromatic rings. The van der Waals surface area contributed by atoms with Crippen molar-refractivity contribution < 1.29 is 19.3 Å². The van der Waals surface area contributed by atoms with E-state index in [1.807, 2.05) is 12.2 Å². The van der Waals surface area contributed by atoms with Gasteiger partial charge in [-0.15, -0.1) is 11.3 Å². The zero-order valence-electron chi connectivity index (χ0n) is 37.4. The molecule has 0 spiro atoms. The highest BCUT2D eigenvalue weighted by molar-refractivity contribution is 6.00. The highest BCUT2D eigenvalue weighted by Crippen LogP contribution is 2.48. The maximum absolute atomic E-state index is 12.5. The van der Waals surface area contributed by atoms with E-state index < -0.39 is 5.97 Å². The van der Waals surface area contributed by atoms with Crippen LogP contribution in [0.5, 0.6) is 0 Å². The van der Waals surface area contributed by atoms with Crippen molar-refractivity contribution in [1.29, 1.82) is 0 Å². The van der Waals surface area contributed by atoms with E-state index in [1.54, 1.807) is 12.2 Å². The van der Waals surface area contributed by atoms with E-state index in [9.17, 15) is 14.5 Å². The number of nitroso groups, excluding NO2 is 1. The molecule has 9 heteroatoms. The van der Waals surface area contributed by atoms with E-state index in [0.29, 0.717) is 44.1 Å². The summed E-state index contributed by atoms with van der Waals surface area (Å²) < 4.78 is 2.46. The van der Waals surface area contributed by atoms with Crippen molar-refractivity contribution in [3.63, 3.8) is 0 Å². The Morgan fingerprint density at radius 3 is 2.48 bits per heavy atom. The van der Waals surface area contributed by atoms with Gasteiger partial charge in [-0.05, 0) is 107 Å². The summed E-state index contributed by atoms with van der Waals surface area (Å²) in [6.45, 7) is 19.3. The van der Waals surface area contributed by atoms with Crippen LogP contribution in [0.25, 0.3) is 0 Å². The topological polar surface area (TPSA) is 114 Å². The van der Waals surface area contributed by atoms with Gasteiger partial charge in [-0.2, -0.15) is 4.58 Å². The van der Waals surface area contributed by atoms with Crippen LogP contribution < -0.4 is 10.6 Å². The fraction of sp³-hybridized carbons (Fsp3) is 0.510. The zero-order chi connectivity index (χ0) is 43.7. The summed E-state index contributed by atoms with van der Waals surface area (Å²) in [6, 6.07) is 0. The number of terminal acetylenes is 1. The molecule has 0 aromatic carbocycles. The number of rotatable bonds is 23. The van der Waals surface area contributed by atoms with Crippen LogP contribution in [0.4, 0.5) is 0 Å². The second-order valence-electron chi connectivity index (χ2n) is 17.8. The molecule has 60 heavy (non-hydrogen) atoms. The lowest BCUT2D eigenvalue weighted by Gasteiger charge is -2.28. The van der Waals surface area contributed by atoms with Crippen molar-refractivity contribution in [2.24, 2.45) is 21.9 Å².